The van der Waals surface area contributed by atoms with Crippen molar-refractivity contribution in [3.8, 4) is 0 Å². The topological polar surface area (TPSA) is 26.3 Å². The number of hydrogen-bond acceptors (Lipinski definition) is 2. The molecule has 0 radical (unpaired) electrons. The third-order valence-electron chi connectivity index (χ3n) is 2.26. The minimum Gasteiger partial charge on any atom is -0.379 e. The highest BCUT2D eigenvalue weighted by molar-refractivity contribution is 5.65. The fourth-order valence-corrected chi connectivity index (χ4v) is 1.09. The summed E-state index contributed by atoms with van der Waals surface area (Å²) < 4.78 is 5.29. The molecule has 0 heterocycles. The number of ether oxygens (including phenoxy) is 1. The van der Waals surface area contributed by atoms with Gasteiger partial charge in [-0.15, -0.1) is 0 Å². The van der Waals surface area contributed by atoms with Crippen LogP contribution in [0.15, 0.2) is 11.6 Å². The second kappa shape index (κ2) is 5.92. The van der Waals surface area contributed by atoms with Gasteiger partial charge in [0, 0.05) is 7.11 Å². The Kier molecular flexibility index (Phi) is 5.63. The van der Waals surface area contributed by atoms with Gasteiger partial charge in [0.2, 0.25) is 0 Å². The van der Waals surface area contributed by atoms with Gasteiger partial charge in [0.05, 0.1) is 5.60 Å². The molecule has 0 atom stereocenters. The van der Waals surface area contributed by atoms with Crippen LogP contribution in [0, 0.1) is 0 Å². The number of carbonyl (C=O) groups is 1. The van der Waals surface area contributed by atoms with Crippen molar-refractivity contribution >= 4 is 6.29 Å². The van der Waals surface area contributed by atoms with E-state index in [4.69, 9.17) is 4.74 Å². The Morgan fingerprint density at radius 1 is 1.46 bits per heavy atom. The molecule has 0 fully saturated rings. The summed E-state index contributed by atoms with van der Waals surface area (Å²) in [6.07, 6.45) is 5.53. The maximum Gasteiger partial charge on any atom is 0.142 e. The van der Waals surface area contributed by atoms with Gasteiger partial charge in [-0.2, -0.15) is 0 Å². The van der Waals surface area contributed by atoms with E-state index >= 15 is 0 Å². The van der Waals surface area contributed by atoms with E-state index < -0.39 is 0 Å². The van der Waals surface area contributed by atoms with Crippen molar-refractivity contribution in [1.82, 2.24) is 0 Å². The lowest BCUT2D eigenvalue weighted by molar-refractivity contribution is -0.104. The summed E-state index contributed by atoms with van der Waals surface area (Å²) in [4.78, 5) is 10.1. The van der Waals surface area contributed by atoms with Gasteiger partial charge >= 0.3 is 0 Å². The molecule has 2 heteroatoms. The molecule has 0 saturated carbocycles. The monoisotopic (exact) mass is 184 g/mol. The summed E-state index contributed by atoms with van der Waals surface area (Å²) in [5.41, 5.74) is 1.10. The van der Waals surface area contributed by atoms with Crippen molar-refractivity contribution in [3.05, 3.63) is 11.6 Å². The number of rotatable bonds is 6. The molecule has 0 aliphatic rings. The van der Waals surface area contributed by atoms with E-state index in [-0.39, 0.29) is 5.60 Å². The molecule has 0 aromatic heterocycles. The first kappa shape index (κ1) is 12.4. The van der Waals surface area contributed by atoms with Crippen LogP contribution < -0.4 is 0 Å². The van der Waals surface area contributed by atoms with E-state index in [1.54, 1.807) is 13.2 Å². The van der Waals surface area contributed by atoms with Crippen LogP contribution in [0.4, 0.5) is 0 Å². The van der Waals surface area contributed by atoms with E-state index in [9.17, 15) is 4.79 Å². The first-order valence-corrected chi connectivity index (χ1v) is 4.68. The number of hydrogen-bond donors (Lipinski definition) is 0. The van der Waals surface area contributed by atoms with Crippen molar-refractivity contribution in [2.24, 2.45) is 0 Å². The van der Waals surface area contributed by atoms with Crippen molar-refractivity contribution in [2.75, 3.05) is 7.11 Å². The van der Waals surface area contributed by atoms with Gasteiger partial charge in [-0.1, -0.05) is 5.57 Å². The minimum atomic E-state index is -0.0402. The van der Waals surface area contributed by atoms with Crippen LogP contribution in [0.25, 0.3) is 0 Å². The van der Waals surface area contributed by atoms with Crippen LogP contribution in [0.1, 0.15) is 40.0 Å². The summed E-state index contributed by atoms with van der Waals surface area (Å²) >= 11 is 0. The highest BCUT2D eigenvalue weighted by Crippen LogP contribution is 2.18. The van der Waals surface area contributed by atoms with E-state index in [0.717, 1.165) is 31.1 Å². The van der Waals surface area contributed by atoms with Crippen LogP contribution in [-0.2, 0) is 9.53 Å². The molecule has 0 N–H and O–H groups in total. The summed E-state index contributed by atoms with van der Waals surface area (Å²) in [6, 6.07) is 0. The molecular weight excluding hydrogens is 164 g/mol. The maximum atomic E-state index is 10.1. The molecule has 0 aliphatic carbocycles. The molecule has 0 bridgehead atoms. The molecule has 0 aliphatic heterocycles. The van der Waals surface area contributed by atoms with Gasteiger partial charge in [0.25, 0.3) is 0 Å². The Balaban J connectivity index is 3.67. The Morgan fingerprint density at radius 3 is 2.54 bits per heavy atom. The fraction of sp³-hybridized carbons (Fsp3) is 0.727. The molecule has 0 amide bonds. The van der Waals surface area contributed by atoms with Crippen LogP contribution in [0.2, 0.25) is 0 Å². The Hall–Kier alpha value is -0.630. The molecular formula is C11H20O2. The summed E-state index contributed by atoms with van der Waals surface area (Å²) in [6.45, 7) is 6.13. The zero-order chi connectivity index (χ0) is 10.3. The van der Waals surface area contributed by atoms with E-state index in [1.807, 2.05) is 6.92 Å². The second-order valence-corrected chi connectivity index (χ2v) is 3.97. The largest absolute Gasteiger partial charge is 0.379 e. The predicted octanol–water partition coefficient (Wildman–Crippen LogP) is 2.73. The SMILES string of the molecule is COC(C)(C)CCC/C(C)=C/C=O. The van der Waals surface area contributed by atoms with Crippen LogP contribution in [0.5, 0.6) is 0 Å². The fourth-order valence-electron chi connectivity index (χ4n) is 1.09. The Bertz CT molecular complexity index is 181. The third-order valence-corrected chi connectivity index (χ3v) is 2.26. The molecule has 76 valence electrons. The van der Waals surface area contributed by atoms with Crippen molar-refractivity contribution < 1.29 is 9.53 Å². The van der Waals surface area contributed by atoms with Crippen LogP contribution in [0.3, 0.4) is 0 Å². The van der Waals surface area contributed by atoms with Gasteiger partial charge in [-0.25, -0.2) is 0 Å². The van der Waals surface area contributed by atoms with Crippen LogP contribution in [-0.4, -0.2) is 19.0 Å². The number of methoxy groups -OCH3 is 1. The molecule has 0 aromatic rings. The first-order chi connectivity index (χ1) is 6.02. The van der Waals surface area contributed by atoms with Crippen LogP contribution >= 0.6 is 0 Å². The number of carbonyl (C=O) groups excluding carboxylic acids is 1. The van der Waals surface area contributed by atoms with Gasteiger partial charge in [-0.05, 0) is 46.1 Å². The summed E-state index contributed by atoms with van der Waals surface area (Å²) in [5.74, 6) is 0. The van der Waals surface area contributed by atoms with Gasteiger partial charge in [0.1, 0.15) is 6.29 Å². The molecule has 0 unspecified atom stereocenters. The molecule has 13 heavy (non-hydrogen) atoms. The third kappa shape index (κ3) is 6.52. The summed E-state index contributed by atoms with van der Waals surface area (Å²) in [5, 5.41) is 0. The molecule has 0 saturated heterocycles. The zero-order valence-electron chi connectivity index (χ0n) is 9.09. The predicted molar refractivity (Wildman–Crippen MR) is 54.8 cm³/mol. The van der Waals surface area contributed by atoms with Crippen molar-refractivity contribution in [1.29, 1.82) is 0 Å². The molecule has 0 aromatic carbocycles. The zero-order valence-corrected chi connectivity index (χ0v) is 9.09. The highest BCUT2D eigenvalue weighted by Gasteiger charge is 2.14. The van der Waals surface area contributed by atoms with E-state index in [0.29, 0.717) is 0 Å². The lowest BCUT2D eigenvalue weighted by Crippen LogP contribution is -2.21. The minimum absolute atomic E-state index is 0.0402. The maximum absolute atomic E-state index is 10.1. The molecule has 0 spiro atoms. The number of allylic oxidation sites excluding steroid dienone is 2. The Labute approximate surface area is 81.0 Å². The van der Waals surface area contributed by atoms with Gasteiger partial charge in [0.15, 0.2) is 0 Å². The van der Waals surface area contributed by atoms with Crippen molar-refractivity contribution in [2.45, 2.75) is 45.6 Å². The number of aldehydes is 1. The summed E-state index contributed by atoms with van der Waals surface area (Å²) in [7, 11) is 1.73. The van der Waals surface area contributed by atoms with E-state index in [1.165, 1.54) is 0 Å². The standard InChI is InChI=1S/C11H20O2/c1-10(7-9-12)6-5-8-11(2,3)13-4/h7,9H,5-6,8H2,1-4H3/b10-7+. The van der Waals surface area contributed by atoms with E-state index in [2.05, 4.69) is 13.8 Å². The lowest BCUT2D eigenvalue weighted by atomic mass is 9.99. The quantitative estimate of drug-likeness (QED) is 0.468. The molecule has 2 nitrogen and oxygen atoms in total. The molecule has 0 rings (SSSR count). The second-order valence-electron chi connectivity index (χ2n) is 3.97. The normalized spacial score (nSPS) is 13.1. The van der Waals surface area contributed by atoms with Crippen molar-refractivity contribution in [3.63, 3.8) is 0 Å². The highest BCUT2D eigenvalue weighted by atomic mass is 16.5. The smallest absolute Gasteiger partial charge is 0.142 e. The average molecular weight is 184 g/mol. The Morgan fingerprint density at radius 2 is 2.08 bits per heavy atom. The first-order valence-electron chi connectivity index (χ1n) is 4.68. The lowest BCUT2D eigenvalue weighted by Gasteiger charge is -2.22. The van der Waals surface area contributed by atoms with Gasteiger partial charge < -0.3 is 4.74 Å². The van der Waals surface area contributed by atoms with Gasteiger partial charge in [-0.3, -0.25) is 4.79 Å². The average Bonchev–Trinajstić information content (AvgIpc) is 2.05.